The van der Waals surface area contributed by atoms with Crippen LogP contribution >= 0.6 is 0 Å². The van der Waals surface area contributed by atoms with Crippen LogP contribution in [-0.4, -0.2) is 54.7 Å². The number of fused-ring (bicyclic) bond motifs is 1. The highest BCUT2D eigenvalue weighted by atomic mass is 28.4. The zero-order valence-electron chi connectivity index (χ0n) is 26.3. The summed E-state index contributed by atoms with van der Waals surface area (Å²) in [6.07, 6.45) is 5.98. The summed E-state index contributed by atoms with van der Waals surface area (Å²) in [7, 11) is -0.126. The second-order valence-corrected chi connectivity index (χ2v) is 18.4. The minimum atomic E-state index is -2.32. The normalized spacial score (nSPS) is 19.7. The van der Waals surface area contributed by atoms with Crippen LogP contribution in [0.25, 0.3) is 11.3 Å². The smallest absolute Gasteiger partial charge is 0.227 e. The van der Waals surface area contributed by atoms with Crippen LogP contribution < -0.4 is 10.6 Å². The third-order valence-electron chi connectivity index (χ3n) is 10.2. The van der Waals surface area contributed by atoms with Gasteiger partial charge in [0.25, 0.3) is 0 Å². The predicted molar refractivity (Wildman–Crippen MR) is 175 cm³/mol. The molecule has 2 aliphatic rings. The average Bonchev–Trinajstić information content (AvgIpc) is 3.29. The third kappa shape index (κ3) is 6.10. The third-order valence-corrected chi connectivity index (χ3v) is 13.7. The van der Waals surface area contributed by atoms with E-state index < -0.39 is 8.32 Å². The molecule has 7 nitrogen and oxygen atoms in total. The lowest BCUT2D eigenvalue weighted by Crippen LogP contribution is -2.40. The number of nitrogens with one attached hydrogen (secondary N) is 2. The fourth-order valence-corrected chi connectivity index (χ4v) is 6.85. The van der Waals surface area contributed by atoms with E-state index >= 15 is 0 Å². The maximum absolute atomic E-state index is 10.9. The van der Waals surface area contributed by atoms with Crippen molar-refractivity contribution in [2.45, 2.75) is 82.8 Å². The summed E-state index contributed by atoms with van der Waals surface area (Å²) >= 11 is 0. The van der Waals surface area contributed by atoms with Gasteiger partial charge in [-0.25, -0.2) is 9.97 Å². The number of rotatable bonds is 8. The molecule has 0 unspecified atom stereocenters. The zero-order valence-corrected chi connectivity index (χ0v) is 27.3. The van der Waals surface area contributed by atoms with Gasteiger partial charge in [0.15, 0.2) is 8.32 Å². The molecular weight excluding hydrogens is 537 g/mol. The Morgan fingerprint density at radius 1 is 1.19 bits per heavy atom. The van der Waals surface area contributed by atoms with Gasteiger partial charge < -0.3 is 20.3 Å². The highest BCUT2D eigenvalue weighted by Gasteiger charge is 2.42. The van der Waals surface area contributed by atoms with Gasteiger partial charge in [-0.1, -0.05) is 32.9 Å². The molecule has 5 rings (SSSR count). The van der Waals surface area contributed by atoms with Crippen LogP contribution in [-0.2, 0) is 5.41 Å². The molecular formula is C34H46N6OSi. The number of nitriles is 1. The number of hydrogen-bond donors (Lipinski definition) is 3. The topological polar surface area (TPSA) is 97.1 Å². The Balaban J connectivity index is 1.42. The first-order valence-corrected chi connectivity index (χ1v) is 18.2. The van der Waals surface area contributed by atoms with Crippen LogP contribution in [0.4, 0.5) is 17.3 Å². The number of piperidine rings is 1. The highest BCUT2D eigenvalue weighted by molar-refractivity contribution is 6.72. The Bertz CT molecular complexity index is 1500. The SMILES string of the molecule is Cc1ccc(C2CCN(C)CC2)cc1Nc1nccc(-c2cc(C#N)c3c(c2)[C@@](C)(CCC(C)(C)[Si](C)(C)O)CN3)n1. The molecule has 1 saturated heterocycles. The van der Waals surface area contributed by atoms with Crippen molar-refractivity contribution in [2.24, 2.45) is 0 Å². The lowest BCUT2D eigenvalue weighted by molar-refractivity contribution is 0.255. The van der Waals surface area contributed by atoms with Gasteiger partial charge >= 0.3 is 0 Å². The van der Waals surface area contributed by atoms with Gasteiger partial charge in [0, 0.05) is 29.4 Å². The van der Waals surface area contributed by atoms with Gasteiger partial charge in [-0.05, 0) is 118 Å². The van der Waals surface area contributed by atoms with E-state index in [0.717, 1.165) is 66.2 Å². The molecule has 1 fully saturated rings. The molecule has 0 saturated carbocycles. The second kappa shape index (κ2) is 11.4. The summed E-state index contributed by atoms with van der Waals surface area (Å²) < 4.78 is 0. The van der Waals surface area contributed by atoms with E-state index in [9.17, 15) is 10.1 Å². The largest absolute Gasteiger partial charge is 0.432 e. The van der Waals surface area contributed by atoms with Crippen LogP contribution in [0.3, 0.4) is 0 Å². The Labute approximate surface area is 252 Å². The Morgan fingerprint density at radius 3 is 2.62 bits per heavy atom. The number of likely N-dealkylation sites (tertiary alicyclic amines) is 1. The van der Waals surface area contributed by atoms with Gasteiger partial charge in [0.1, 0.15) is 6.07 Å². The first-order chi connectivity index (χ1) is 19.8. The van der Waals surface area contributed by atoms with Crippen molar-refractivity contribution in [3.63, 3.8) is 0 Å². The molecule has 0 bridgehead atoms. The molecule has 0 amide bonds. The lowest BCUT2D eigenvalue weighted by Gasteiger charge is -2.38. The molecule has 2 aromatic carbocycles. The molecule has 222 valence electrons. The number of aromatic nitrogens is 2. The monoisotopic (exact) mass is 582 g/mol. The van der Waals surface area contributed by atoms with Gasteiger partial charge in [0.05, 0.1) is 16.9 Å². The molecule has 3 N–H and O–H groups in total. The fourth-order valence-electron chi connectivity index (χ4n) is 6.11. The van der Waals surface area contributed by atoms with E-state index in [1.807, 2.05) is 25.2 Å². The summed E-state index contributed by atoms with van der Waals surface area (Å²) in [5.74, 6) is 1.12. The molecule has 1 atom stereocenters. The number of benzene rings is 2. The minimum absolute atomic E-state index is 0.107. The lowest BCUT2D eigenvalue weighted by atomic mass is 9.77. The molecule has 42 heavy (non-hydrogen) atoms. The number of anilines is 3. The second-order valence-electron chi connectivity index (χ2n) is 14.0. The maximum Gasteiger partial charge on any atom is 0.227 e. The van der Waals surface area contributed by atoms with E-state index in [2.05, 4.69) is 85.6 Å². The molecule has 0 radical (unpaired) electrons. The van der Waals surface area contributed by atoms with Crippen molar-refractivity contribution >= 4 is 25.6 Å². The molecule has 1 aromatic heterocycles. The minimum Gasteiger partial charge on any atom is -0.432 e. The Morgan fingerprint density at radius 2 is 1.93 bits per heavy atom. The Kier molecular flexibility index (Phi) is 8.23. The van der Waals surface area contributed by atoms with Gasteiger partial charge in [0.2, 0.25) is 5.95 Å². The molecule has 3 heterocycles. The van der Waals surface area contributed by atoms with Crippen molar-refractivity contribution in [2.75, 3.05) is 37.3 Å². The number of aryl methyl sites for hydroxylation is 1. The van der Waals surface area contributed by atoms with Crippen LogP contribution in [0.2, 0.25) is 18.1 Å². The molecule has 8 heteroatoms. The maximum atomic E-state index is 10.9. The average molecular weight is 583 g/mol. The van der Waals surface area contributed by atoms with Crippen molar-refractivity contribution in [3.05, 3.63) is 64.8 Å². The van der Waals surface area contributed by atoms with Crippen molar-refractivity contribution in [1.29, 1.82) is 5.26 Å². The van der Waals surface area contributed by atoms with E-state index in [0.29, 0.717) is 17.4 Å². The van der Waals surface area contributed by atoms with Crippen LogP contribution in [0.15, 0.2) is 42.6 Å². The van der Waals surface area contributed by atoms with E-state index in [4.69, 9.17) is 4.98 Å². The van der Waals surface area contributed by atoms with Gasteiger partial charge in [-0.2, -0.15) is 5.26 Å². The summed E-state index contributed by atoms with van der Waals surface area (Å²) in [4.78, 5) is 22.7. The van der Waals surface area contributed by atoms with E-state index in [-0.39, 0.29) is 10.5 Å². The first-order valence-electron chi connectivity index (χ1n) is 15.2. The van der Waals surface area contributed by atoms with Crippen LogP contribution in [0.1, 0.15) is 74.6 Å². The first kappa shape index (κ1) is 30.2. The van der Waals surface area contributed by atoms with Crippen LogP contribution in [0, 0.1) is 18.3 Å². The standard InChI is InChI=1S/C34H46N6OSi/c1-23-8-9-25(24-11-16-40(5)17-12-24)20-30(23)39-32-36-15-10-29(38-32)26-18-27(21-35)31-28(19-26)34(4,22-37-31)14-13-33(2,3)42(6,7)41/h8-10,15,18-20,24,37,41H,11-14,16-17,22H2,1-7H3,(H,36,38,39)/t34-/m0/s1. The van der Waals surface area contributed by atoms with Gasteiger partial charge in [-0.15, -0.1) is 0 Å². The zero-order chi connectivity index (χ0) is 30.3. The number of nitrogens with zero attached hydrogens (tertiary/aromatic N) is 4. The summed E-state index contributed by atoms with van der Waals surface area (Å²) in [6.45, 7) is 15.8. The highest BCUT2D eigenvalue weighted by Crippen LogP contribution is 2.48. The number of hydrogen-bond acceptors (Lipinski definition) is 7. The van der Waals surface area contributed by atoms with Crippen molar-refractivity contribution in [1.82, 2.24) is 14.9 Å². The van der Waals surface area contributed by atoms with Gasteiger partial charge in [-0.3, -0.25) is 0 Å². The molecule has 3 aromatic rings. The Hall–Kier alpha value is -3.25. The summed E-state index contributed by atoms with van der Waals surface area (Å²) in [5, 5.41) is 17.0. The summed E-state index contributed by atoms with van der Waals surface area (Å²) in [6, 6.07) is 15.2. The quantitative estimate of drug-likeness (QED) is 0.240. The van der Waals surface area contributed by atoms with E-state index in [1.165, 1.54) is 18.4 Å². The fraction of sp³-hybridized carbons (Fsp3) is 0.500. The van der Waals surface area contributed by atoms with E-state index in [1.54, 1.807) is 6.20 Å². The molecule has 2 aliphatic heterocycles. The summed E-state index contributed by atoms with van der Waals surface area (Å²) in [5.41, 5.74) is 7.83. The predicted octanol–water partition coefficient (Wildman–Crippen LogP) is 7.32. The molecule has 0 spiro atoms. The van der Waals surface area contributed by atoms with Crippen LogP contribution in [0.5, 0.6) is 0 Å². The molecule has 0 aliphatic carbocycles. The van der Waals surface area contributed by atoms with Crippen molar-refractivity contribution < 1.29 is 4.80 Å². The van der Waals surface area contributed by atoms with Crippen molar-refractivity contribution in [3.8, 4) is 17.3 Å².